The average Bonchev–Trinajstić information content (AvgIpc) is 2.44. The molecule has 3 nitrogen and oxygen atoms in total. The fourth-order valence-corrected chi connectivity index (χ4v) is 5.56. The third-order valence-corrected chi connectivity index (χ3v) is 6.89. The smallest absolute Gasteiger partial charge is 0.302 e. The Kier molecular flexibility index (Phi) is 3.31. The lowest BCUT2D eigenvalue weighted by molar-refractivity contribution is 0.0836. The maximum Gasteiger partial charge on any atom is 0.302 e. The van der Waals surface area contributed by atoms with Gasteiger partial charge in [0.2, 0.25) is 0 Å². The van der Waals surface area contributed by atoms with Gasteiger partial charge in [-0.15, -0.1) is 0 Å². The van der Waals surface area contributed by atoms with Crippen LogP contribution in [0, 0.1) is 5.92 Å². The predicted molar refractivity (Wildman–Crippen MR) is 73.1 cm³/mol. The molecule has 0 unspecified atom stereocenters. The van der Waals surface area contributed by atoms with Gasteiger partial charge >= 0.3 is 7.52 Å². The zero-order valence-electron chi connectivity index (χ0n) is 10.8. The van der Waals surface area contributed by atoms with Gasteiger partial charge in [0.05, 0.1) is 11.9 Å². The van der Waals surface area contributed by atoms with Crippen LogP contribution in [-0.2, 0) is 9.09 Å². The molecule has 1 aromatic rings. The zero-order valence-corrected chi connectivity index (χ0v) is 11.7. The molecule has 18 heavy (non-hydrogen) atoms. The minimum absolute atomic E-state index is 0.429. The topological polar surface area (TPSA) is 29.5 Å². The number of benzene rings is 1. The highest BCUT2D eigenvalue weighted by molar-refractivity contribution is 7.64. The van der Waals surface area contributed by atoms with Gasteiger partial charge in [0, 0.05) is 6.04 Å². The monoisotopic (exact) mass is 265 g/mol. The molecular formula is C14H20NO2P. The summed E-state index contributed by atoms with van der Waals surface area (Å²) in [5, 5.41) is 0.830. The van der Waals surface area contributed by atoms with Gasteiger partial charge in [-0.3, -0.25) is 4.57 Å². The Labute approximate surface area is 109 Å². The summed E-state index contributed by atoms with van der Waals surface area (Å²) in [6, 6.07) is 10.1. The minimum atomic E-state index is -2.81. The Hall–Kier alpha value is -0.630. The number of fused-ring (bicyclic) bond motifs is 1. The molecule has 0 spiro atoms. The van der Waals surface area contributed by atoms with E-state index >= 15 is 0 Å². The molecule has 98 valence electrons. The third-order valence-electron chi connectivity index (χ3n) is 4.31. The summed E-state index contributed by atoms with van der Waals surface area (Å²) in [6.07, 6.45) is 4.90. The Morgan fingerprint density at radius 3 is 2.72 bits per heavy atom. The van der Waals surface area contributed by atoms with Gasteiger partial charge in [0.1, 0.15) is 0 Å². The van der Waals surface area contributed by atoms with Crippen LogP contribution in [0.15, 0.2) is 30.3 Å². The van der Waals surface area contributed by atoms with Crippen LogP contribution >= 0.6 is 7.52 Å². The van der Waals surface area contributed by atoms with Crippen molar-refractivity contribution >= 4 is 12.8 Å². The van der Waals surface area contributed by atoms with Crippen LogP contribution in [0.25, 0.3) is 0 Å². The van der Waals surface area contributed by atoms with Gasteiger partial charge < -0.3 is 4.52 Å². The van der Waals surface area contributed by atoms with Gasteiger partial charge in [-0.1, -0.05) is 31.0 Å². The van der Waals surface area contributed by atoms with E-state index in [9.17, 15) is 4.57 Å². The van der Waals surface area contributed by atoms with E-state index in [0.717, 1.165) is 11.7 Å². The molecule has 4 heteroatoms. The maximum absolute atomic E-state index is 13.1. The summed E-state index contributed by atoms with van der Waals surface area (Å²) in [7, 11) is -0.845. The predicted octanol–water partition coefficient (Wildman–Crippen LogP) is 3.03. The summed E-state index contributed by atoms with van der Waals surface area (Å²) in [5.41, 5.74) is 0. The van der Waals surface area contributed by atoms with Crippen molar-refractivity contribution in [1.82, 2.24) is 4.67 Å². The van der Waals surface area contributed by atoms with Gasteiger partial charge in [0.15, 0.2) is 0 Å². The molecule has 1 saturated carbocycles. The van der Waals surface area contributed by atoms with Crippen LogP contribution in [0.1, 0.15) is 25.7 Å². The molecule has 0 bridgehead atoms. The molecule has 0 radical (unpaired) electrons. The zero-order chi connectivity index (χ0) is 12.6. The maximum atomic E-state index is 13.1. The van der Waals surface area contributed by atoms with E-state index in [2.05, 4.69) is 0 Å². The van der Waals surface area contributed by atoms with E-state index in [-0.39, 0.29) is 0 Å². The van der Waals surface area contributed by atoms with Gasteiger partial charge in [-0.05, 0) is 37.9 Å². The highest BCUT2D eigenvalue weighted by Crippen LogP contribution is 2.56. The van der Waals surface area contributed by atoms with Crippen molar-refractivity contribution in [2.45, 2.75) is 31.7 Å². The molecule has 0 N–H and O–H groups in total. The van der Waals surface area contributed by atoms with Gasteiger partial charge in [0.25, 0.3) is 0 Å². The lowest BCUT2D eigenvalue weighted by Crippen LogP contribution is -2.46. The fraction of sp³-hybridized carbons (Fsp3) is 0.571. The lowest BCUT2D eigenvalue weighted by Gasteiger charge is -2.45. The highest BCUT2D eigenvalue weighted by atomic mass is 31.2. The SMILES string of the molecule is CN1[C@H]2CCCC[C@@H]2CO[P@]1(=O)c1ccccc1. The normalized spacial score (nSPS) is 37.2. The van der Waals surface area contributed by atoms with Crippen molar-refractivity contribution < 1.29 is 9.09 Å². The van der Waals surface area contributed by atoms with E-state index in [1.54, 1.807) is 0 Å². The highest BCUT2D eigenvalue weighted by Gasteiger charge is 2.44. The molecule has 1 aliphatic heterocycles. The fourth-order valence-electron chi connectivity index (χ4n) is 3.23. The van der Waals surface area contributed by atoms with Crippen molar-refractivity contribution in [3.63, 3.8) is 0 Å². The lowest BCUT2D eigenvalue weighted by atomic mass is 9.85. The average molecular weight is 265 g/mol. The molecule has 2 fully saturated rings. The van der Waals surface area contributed by atoms with Gasteiger partial charge in [-0.2, -0.15) is 0 Å². The molecular weight excluding hydrogens is 245 g/mol. The molecule has 0 aromatic heterocycles. The summed E-state index contributed by atoms with van der Waals surface area (Å²) in [5.74, 6) is 0.564. The van der Waals surface area contributed by atoms with Crippen molar-refractivity contribution in [3.8, 4) is 0 Å². The first kappa shape index (κ1) is 12.4. The molecule has 2 aliphatic rings. The number of hydrogen-bond acceptors (Lipinski definition) is 2. The number of nitrogens with zero attached hydrogens (tertiary/aromatic N) is 1. The Bertz CT molecular complexity index is 462. The Morgan fingerprint density at radius 1 is 1.22 bits per heavy atom. The Morgan fingerprint density at radius 2 is 1.94 bits per heavy atom. The van der Waals surface area contributed by atoms with E-state index in [1.165, 1.54) is 19.3 Å². The number of hydrogen-bond donors (Lipinski definition) is 0. The quantitative estimate of drug-likeness (QED) is 0.731. The molecule has 1 saturated heterocycles. The minimum Gasteiger partial charge on any atom is -0.314 e. The third kappa shape index (κ3) is 1.95. The van der Waals surface area contributed by atoms with Crippen LogP contribution in [0.4, 0.5) is 0 Å². The summed E-state index contributed by atoms with van der Waals surface area (Å²) < 4.78 is 21.0. The summed E-state index contributed by atoms with van der Waals surface area (Å²) in [6.45, 7) is 0.654. The van der Waals surface area contributed by atoms with Crippen LogP contribution in [-0.4, -0.2) is 24.4 Å². The van der Waals surface area contributed by atoms with Crippen LogP contribution in [0.5, 0.6) is 0 Å². The largest absolute Gasteiger partial charge is 0.314 e. The standard InChI is InChI=1S/C14H20NO2P/c1-15-14-10-6-5-7-12(14)11-17-18(15,16)13-8-3-2-4-9-13/h2-4,8-9,12,14H,5-7,10-11H2,1H3/t12-,14+,18-/m1/s1. The van der Waals surface area contributed by atoms with Crippen molar-refractivity contribution in [1.29, 1.82) is 0 Å². The van der Waals surface area contributed by atoms with E-state index < -0.39 is 7.52 Å². The molecule has 1 heterocycles. The van der Waals surface area contributed by atoms with Crippen LogP contribution < -0.4 is 5.30 Å². The van der Waals surface area contributed by atoms with Gasteiger partial charge in [-0.25, -0.2) is 4.67 Å². The summed E-state index contributed by atoms with van der Waals surface area (Å²) >= 11 is 0. The van der Waals surface area contributed by atoms with Crippen LogP contribution in [0.3, 0.4) is 0 Å². The van der Waals surface area contributed by atoms with Crippen molar-refractivity contribution in [2.75, 3.05) is 13.7 Å². The van der Waals surface area contributed by atoms with Crippen molar-refractivity contribution in [3.05, 3.63) is 30.3 Å². The molecule has 3 atom stereocenters. The van der Waals surface area contributed by atoms with E-state index in [1.807, 2.05) is 42.0 Å². The molecule has 0 amide bonds. The second-order valence-corrected chi connectivity index (χ2v) is 7.78. The van der Waals surface area contributed by atoms with Crippen LogP contribution in [0.2, 0.25) is 0 Å². The first-order chi connectivity index (χ1) is 8.72. The van der Waals surface area contributed by atoms with E-state index in [4.69, 9.17) is 4.52 Å². The first-order valence-corrected chi connectivity index (χ1v) is 8.33. The first-order valence-electron chi connectivity index (χ1n) is 6.75. The molecule has 1 aromatic carbocycles. The summed E-state index contributed by atoms with van der Waals surface area (Å²) in [4.78, 5) is 0. The van der Waals surface area contributed by atoms with Crippen molar-refractivity contribution in [2.24, 2.45) is 5.92 Å². The second-order valence-electron chi connectivity index (χ2n) is 5.34. The second kappa shape index (κ2) is 4.80. The van der Waals surface area contributed by atoms with E-state index in [0.29, 0.717) is 18.6 Å². The Balaban J connectivity index is 1.92. The number of rotatable bonds is 1. The molecule has 1 aliphatic carbocycles. The molecule has 3 rings (SSSR count).